The first-order valence-corrected chi connectivity index (χ1v) is 5.21. The predicted octanol–water partition coefficient (Wildman–Crippen LogP) is 2.35. The summed E-state index contributed by atoms with van der Waals surface area (Å²) in [6.07, 6.45) is 0. The smallest absolute Gasteiger partial charge is 0.356 e. The molecule has 0 radical (unpaired) electrons. The third kappa shape index (κ3) is 2.65. The van der Waals surface area contributed by atoms with Gasteiger partial charge in [-0.25, -0.2) is 4.79 Å². The van der Waals surface area contributed by atoms with E-state index in [1.165, 1.54) is 7.11 Å². The number of nitrogens with zero attached hydrogens (tertiary/aromatic N) is 1. The van der Waals surface area contributed by atoms with Crippen LogP contribution in [0.3, 0.4) is 0 Å². The Morgan fingerprint density at radius 1 is 1.47 bits per heavy atom. The van der Waals surface area contributed by atoms with E-state index in [0.717, 1.165) is 15.6 Å². The minimum Gasteiger partial charge on any atom is -0.464 e. The van der Waals surface area contributed by atoms with Gasteiger partial charge in [0.1, 0.15) is 5.71 Å². The van der Waals surface area contributed by atoms with E-state index in [4.69, 9.17) is 0 Å². The van der Waals surface area contributed by atoms with E-state index in [1.54, 1.807) is 7.05 Å². The molecule has 4 heteroatoms. The van der Waals surface area contributed by atoms with E-state index < -0.39 is 5.97 Å². The number of carbonyl (C=O) groups is 1. The Morgan fingerprint density at radius 3 is 2.67 bits per heavy atom. The summed E-state index contributed by atoms with van der Waals surface area (Å²) in [5.41, 5.74) is 2.12. The van der Waals surface area contributed by atoms with Gasteiger partial charge in [0.15, 0.2) is 0 Å². The van der Waals surface area contributed by atoms with Crippen molar-refractivity contribution in [3.8, 4) is 0 Å². The molecule has 1 aromatic rings. The molecule has 80 valence electrons. The van der Waals surface area contributed by atoms with Crippen molar-refractivity contribution in [2.75, 3.05) is 14.2 Å². The van der Waals surface area contributed by atoms with Crippen molar-refractivity contribution in [2.45, 2.75) is 6.92 Å². The average molecular weight is 270 g/mol. The molecular formula is C11H12BrNO2. The van der Waals surface area contributed by atoms with Crippen LogP contribution in [0.4, 0.5) is 0 Å². The maximum absolute atomic E-state index is 11.4. The van der Waals surface area contributed by atoms with Gasteiger partial charge in [0.2, 0.25) is 0 Å². The van der Waals surface area contributed by atoms with Gasteiger partial charge >= 0.3 is 5.97 Å². The minimum atomic E-state index is -0.418. The molecule has 1 rings (SSSR count). The van der Waals surface area contributed by atoms with Crippen molar-refractivity contribution < 1.29 is 9.53 Å². The summed E-state index contributed by atoms with van der Waals surface area (Å²) in [7, 11) is 2.92. The number of rotatable bonds is 2. The number of esters is 1. The zero-order chi connectivity index (χ0) is 11.4. The van der Waals surface area contributed by atoms with Gasteiger partial charge in [-0.1, -0.05) is 22.0 Å². The van der Waals surface area contributed by atoms with Gasteiger partial charge in [-0.15, -0.1) is 0 Å². The van der Waals surface area contributed by atoms with Crippen LogP contribution in [0.1, 0.15) is 11.1 Å². The van der Waals surface area contributed by atoms with Crippen LogP contribution in [0, 0.1) is 6.92 Å². The molecule has 0 amide bonds. The van der Waals surface area contributed by atoms with Crippen LogP contribution < -0.4 is 0 Å². The Bertz CT molecular complexity index is 413. The summed E-state index contributed by atoms with van der Waals surface area (Å²) < 4.78 is 5.58. The van der Waals surface area contributed by atoms with E-state index in [2.05, 4.69) is 25.7 Å². The summed E-state index contributed by atoms with van der Waals surface area (Å²) in [4.78, 5) is 15.4. The maximum atomic E-state index is 11.4. The van der Waals surface area contributed by atoms with Crippen molar-refractivity contribution in [1.82, 2.24) is 0 Å². The molecule has 0 fully saturated rings. The van der Waals surface area contributed by atoms with Gasteiger partial charge in [-0.05, 0) is 24.6 Å². The summed E-state index contributed by atoms with van der Waals surface area (Å²) in [5, 5.41) is 0. The molecular weight excluding hydrogens is 258 g/mol. The quantitative estimate of drug-likeness (QED) is 0.611. The SMILES string of the molecule is C/N=C(/C(=O)OC)c1cc(Br)ccc1C. The fraction of sp³-hybridized carbons (Fsp3) is 0.273. The Morgan fingerprint density at radius 2 is 2.13 bits per heavy atom. The van der Waals surface area contributed by atoms with Crippen molar-refractivity contribution in [1.29, 1.82) is 0 Å². The zero-order valence-electron chi connectivity index (χ0n) is 8.87. The molecule has 3 nitrogen and oxygen atoms in total. The van der Waals surface area contributed by atoms with Crippen LogP contribution in [-0.2, 0) is 9.53 Å². The Hall–Kier alpha value is -1.16. The second kappa shape index (κ2) is 5.07. The van der Waals surface area contributed by atoms with E-state index in [1.807, 2.05) is 25.1 Å². The highest BCUT2D eigenvalue weighted by Gasteiger charge is 2.15. The lowest BCUT2D eigenvalue weighted by Gasteiger charge is -2.07. The van der Waals surface area contributed by atoms with Gasteiger partial charge in [-0.2, -0.15) is 0 Å². The van der Waals surface area contributed by atoms with Crippen LogP contribution >= 0.6 is 15.9 Å². The highest BCUT2D eigenvalue weighted by atomic mass is 79.9. The molecule has 0 aliphatic rings. The van der Waals surface area contributed by atoms with Crippen LogP contribution in [-0.4, -0.2) is 25.8 Å². The molecule has 0 saturated heterocycles. The molecule has 0 N–H and O–H groups in total. The fourth-order valence-electron chi connectivity index (χ4n) is 1.27. The highest BCUT2D eigenvalue weighted by molar-refractivity contribution is 9.10. The first-order valence-electron chi connectivity index (χ1n) is 4.41. The fourth-order valence-corrected chi connectivity index (χ4v) is 1.63. The molecule has 1 aromatic carbocycles. The lowest BCUT2D eigenvalue weighted by molar-refractivity contribution is -0.132. The second-order valence-electron chi connectivity index (χ2n) is 3.02. The number of methoxy groups -OCH3 is 1. The zero-order valence-corrected chi connectivity index (χ0v) is 10.5. The number of carbonyl (C=O) groups excluding carboxylic acids is 1. The van der Waals surface area contributed by atoms with Gasteiger partial charge < -0.3 is 4.74 Å². The van der Waals surface area contributed by atoms with Crippen molar-refractivity contribution >= 4 is 27.6 Å². The van der Waals surface area contributed by atoms with Gasteiger partial charge in [-0.3, -0.25) is 4.99 Å². The number of benzene rings is 1. The lowest BCUT2D eigenvalue weighted by atomic mass is 10.0. The summed E-state index contributed by atoms with van der Waals surface area (Å²) >= 11 is 3.36. The average Bonchev–Trinajstić information content (AvgIpc) is 2.23. The monoisotopic (exact) mass is 269 g/mol. The molecule has 0 heterocycles. The minimum absolute atomic E-state index is 0.344. The largest absolute Gasteiger partial charge is 0.464 e. The van der Waals surface area contributed by atoms with Gasteiger partial charge in [0, 0.05) is 17.1 Å². The van der Waals surface area contributed by atoms with Crippen molar-refractivity contribution in [2.24, 2.45) is 4.99 Å². The summed E-state index contributed by atoms with van der Waals surface area (Å²) in [5.74, 6) is -0.418. The van der Waals surface area contributed by atoms with Crippen LogP contribution in [0.2, 0.25) is 0 Å². The van der Waals surface area contributed by atoms with Crippen LogP contribution in [0.5, 0.6) is 0 Å². The highest BCUT2D eigenvalue weighted by Crippen LogP contribution is 2.17. The Kier molecular flexibility index (Phi) is 4.03. The number of hydrogen-bond donors (Lipinski definition) is 0. The third-order valence-corrected chi connectivity index (χ3v) is 2.55. The van der Waals surface area contributed by atoms with Crippen LogP contribution in [0.25, 0.3) is 0 Å². The van der Waals surface area contributed by atoms with Crippen molar-refractivity contribution in [3.63, 3.8) is 0 Å². The first kappa shape index (κ1) is 11.9. The molecule has 0 bridgehead atoms. The Balaban J connectivity index is 3.24. The lowest BCUT2D eigenvalue weighted by Crippen LogP contribution is -2.18. The molecule has 0 aliphatic carbocycles. The molecule has 0 aliphatic heterocycles. The molecule has 0 spiro atoms. The first-order chi connectivity index (χ1) is 7.10. The topological polar surface area (TPSA) is 38.7 Å². The molecule has 0 atom stereocenters. The number of aryl methyl sites for hydroxylation is 1. The number of aliphatic imine (C=N–C) groups is 1. The summed E-state index contributed by atoms with van der Waals surface area (Å²) in [6, 6.07) is 5.70. The number of hydrogen-bond acceptors (Lipinski definition) is 3. The normalized spacial score (nSPS) is 11.3. The molecule has 0 aromatic heterocycles. The van der Waals surface area contributed by atoms with E-state index in [-0.39, 0.29) is 0 Å². The van der Waals surface area contributed by atoms with Gasteiger partial charge in [0.25, 0.3) is 0 Å². The third-order valence-electron chi connectivity index (χ3n) is 2.06. The van der Waals surface area contributed by atoms with Crippen LogP contribution in [0.15, 0.2) is 27.7 Å². The Labute approximate surface area is 97.3 Å². The molecule has 15 heavy (non-hydrogen) atoms. The number of halogens is 1. The van der Waals surface area contributed by atoms with E-state index in [0.29, 0.717) is 5.71 Å². The molecule has 0 saturated carbocycles. The standard InChI is InChI=1S/C11H12BrNO2/c1-7-4-5-8(12)6-9(7)10(13-2)11(14)15-3/h4-6H,1-3H3/b13-10+. The number of ether oxygens (including phenoxy) is 1. The van der Waals surface area contributed by atoms with E-state index >= 15 is 0 Å². The maximum Gasteiger partial charge on any atom is 0.356 e. The van der Waals surface area contributed by atoms with Crippen molar-refractivity contribution in [3.05, 3.63) is 33.8 Å². The van der Waals surface area contributed by atoms with E-state index in [9.17, 15) is 4.79 Å². The van der Waals surface area contributed by atoms with Gasteiger partial charge in [0.05, 0.1) is 7.11 Å². The molecule has 0 unspecified atom stereocenters. The second-order valence-corrected chi connectivity index (χ2v) is 3.94. The summed E-state index contributed by atoms with van der Waals surface area (Å²) in [6.45, 7) is 1.93. The predicted molar refractivity (Wildman–Crippen MR) is 63.4 cm³/mol.